The van der Waals surface area contributed by atoms with Crippen molar-refractivity contribution in [3.05, 3.63) is 51.6 Å². The number of piperidine rings is 1. The van der Waals surface area contributed by atoms with E-state index in [4.69, 9.17) is 0 Å². The van der Waals surface area contributed by atoms with Crippen LogP contribution in [0.4, 0.5) is 0 Å². The molecule has 7 heteroatoms. The van der Waals surface area contributed by atoms with Gasteiger partial charge in [-0.1, -0.05) is 25.5 Å². The molecule has 1 fully saturated rings. The van der Waals surface area contributed by atoms with Gasteiger partial charge in [0, 0.05) is 11.1 Å². The van der Waals surface area contributed by atoms with Crippen molar-refractivity contribution < 1.29 is 0 Å². The molecule has 1 atom stereocenters. The van der Waals surface area contributed by atoms with Crippen LogP contribution in [-0.4, -0.2) is 43.2 Å². The van der Waals surface area contributed by atoms with E-state index >= 15 is 0 Å². The SMILES string of the molecule is CCC(C)(C)n1nnnc1[C@H](c1cc2ccc(C)cc2[nH]c1=O)N1CCCCC1. The van der Waals surface area contributed by atoms with Gasteiger partial charge < -0.3 is 4.98 Å². The third-order valence-corrected chi connectivity index (χ3v) is 6.26. The summed E-state index contributed by atoms with van der Waals surface area (Å²) in [5.41, 5.74) is 2.41. The van der Waals surface area contributed by atoms with E-state index in [9.17, 15) is 4.79 Å². The van der Waals surface area contributed by atoms with E-state index < -0.39 is 0 Å². The molecule has 3 heterocycles. The largest absolute Gasteiger partial charge is 0.322 e. The van der Waals surface area contributed by atoms with Crippen molar-refractivity contribution in [3.8, 4) is 0 Å². The number of hydrogen-bond donors (Lipinski definition) is 1. The lowest BCUT2D eigenvalue weighted by Crippen LogP contribution is -2.40. The van der Waals surface area contributed by atoms with Gasteiger partial charge in [0.15, 0.2) is 5.82 Å². The molecule has 4 rings (SSSR count). The van der Waals surface area contributed by atoms with E-state index in [1.807, 2.05) is 23.7 Å². The zero-order chi connectivity index (χ0) is 20.6. The highest BCUT2D eigenvalue weighted by Gasteiger charge is 2.34. The Balaban J connectivity index is 1.90. The Morgan fingerprint density at radius 3 is 2.66 bits per heavy atom. The first-order valence-electron chi connectivity index (χ1n) is 10.6. The maximum absolute atomic E-state index is 13.2. The average molecular weight is 395 g/mol. The second-order valence-corrected chi connectivity index (χ2v) is 8.76. The van der Waals surface area contributed by atoms with Crippen molar-refractivity contribution in [1.29, 1.82) is 0 Å². The van der Waals surface area contributed by atoms with Crippen LogP contribution in [0.2, 0.25) is 0 Å². The molecule has 0 saturated carbocycles. The number of fused-ring (bicyclic) bond motifs is 1. The van der Waals surface area contributed by atoms with Gasteiger partial charge in [0.2, 0.25) is 0 Å². The van der Waals surface area contributed by atoms with Gasteiger partial charge in [0.25, 0.3) is 5.56 Å². The minimum Gasteiger partial charge on any atom is -0.322 e. The van der Waals surface area contributed by atoms with Gasteiger partial charge in [0.05, 0.1) is 5.54 Å². The van der Waals surface area contributed by atoms with Crippen LogP contribution in [0.5, 0.6) is 0 Å². The van der Waals surface area contributed by atoms with Crippen molar-refractivity contribution in [3.63, 3.8) is 0 Å². The molecular weight excluding hydrogens is 364 g/mol. The normalized spacial score (nSPS) is 17.0. The lowest BCUT2D eigenvalue weighted by Gasteiger charge is -2.35. The summed E-state index contributed by atoms with van der Waals surface area (Å²) in [5, 5.41) is 13.8. The van der Waals surface area contributed by atoms with Crippen molar-refractivity contribution in [1.82, 2.24) is 30.1 Å². The molecule has 0 aliphatic carbocycles. The number of aromatic nitrogens is 5. The fourth-order valence-corrected chi connectivity index (χ4v) is 4.16. The monoisotopic (exact) mass is 394 g/mol. The number of hydrogen-bond acceptors (Lipinski definition) is 5. The van der Waals surface area contributed by atoms with Crippen LogP contribution in [0.3, 0.4) is 0 Å². The Bertz CT molecular complexity index is 1060. The molecule has 0 radical (unpaired) electrons. The summed E-state index contributed by atoms with van der Waals surface area (Å²) in [5.74, 6) is 0.746. The van der Waals surface area contributed by atoms with Crippen molar-refractivity contribution in [2.24, 2.45) is 0 Å². The Morgan fingerprint density at radius 1 is 1.17 bits per heavy atom. The molecule has 7 nitrogen and oxygen atoms in total. The fraction of sp³-hybridized carbons (Fsp3) is 0.545. The zero-order valence-electron chi connectivity index (χ0n) is 17.8. The molecule has 0 bridgehead atoms. The summed E-state index contributed by atoms with van der Waals surface area (Å²) in [7, 11) is 0. The van der Waals surface area contributed by atoms with E-state index in [2.05, 4.69) is 58.3 Å². The fourth-order valence-electron chi connectivity index (χ4n) is 4.16. The lowest BCUT2D eigenvalue weighted by atomic mass is 9.97. The maximum atomic E-state index is 13.2. The molecule has 1 N–H and O–H groups in total. The highest BCUT2D eigenvalue weighted by molar-refractivity contribution is 5.79. The van der Waals surface area contributed by atoms with E-state index in [1.165, 1.54) is 6.42 Å². The minimum absolute atomic E-state index is 0.0671. The van der Waals surface area contributed by atoms with Gasteiger partial charge in [-0.15, -0.1) is 5.10 Å². The highest BCUT2D eigenvalue weighted by Crippen LogP contribution is 2.32. The number of nitrogens with zero attached hydrogens (tertiary/aromatic N) is 5. The molecule has 1 aliphatic rings. The third kappa shape index (κ3) is 3.71. The first kappa shape index (κ1) is 19.8. The second-order valence-electron chi connectivity index (χ2n) is 8.76. The average Bonchev–Trinajstić information content (AvgIpc) is 3.20. The maximum Gasteiger partial charge on any atom is 0.253 e. The summed E-state index contributed by atoms with van der Waals surface area (Å²) in [6.45, 7) is 10.3. The number of H-pyrrole nitrogens is 1. The smallest absolute Gasteiger partial charge is 0.253 e. The van der Waals surface area contributed by atoms with Crippen LogP contribution >= 0.6 is 0 Å². The molecule has 0 amide bonds. The van der Waals surface area contributed by atoms with Crippen LogP contribution in [-0.2, 0) is 5.54 Å². The van der Waals surface area contributed by atoms with E-state index in [1.54, 1.807) is 0 Å². The van der Waals surface area contributed by atoms with Gasteiger partial charge in [-0.2, -0.15) is 0 Å². The number of likely N-dealkylation sites (tertiary alicyclic amines) is 1. The molecule has 1 aromatic carbocycles. The molecule has 1 saturated heterocycles. The summed E-state index contributed by atoms with van der Waals surface area (Å²) in [6, 6.07) is 7.91. The minimum atomic E-state index is -0.259. The Morgan fingerprint density at radius 2 is 1.93 bits per heavy atom. The topological polar surface area (TPSA) is 79.7 Å². The number of benzene rings is 1. The first-order valence-corrected chi connectivity index (χ1v) is 10.6. The van der Waals surface area contributed by atoms with Crippen molar-refractivity contribution in [2.45, 2.75) is 65.0 Å². The molecule has 2 aromatic heterocycles. The second kappa shape index (κ2) is 7.71. The number of pyridine rings is 1. The Labute approximate surface area is 171 Å². The van der Waals surface area contributed by atoms with Gasteiger partial charge in [-0.05, 0) is 86.6 Å². The molecular formula is C22H30N6O. The van der Waals surface area contributed by atoms with Crippen molar-refractivity contribution in [2.75, 3.05) is 13.1 Å². The van der Waals surface area contributed by atoms with Crippen LogP contribution in [0.25, 0.3) is 10.9 Å². The lowest BCUT2D eigenvalue weighted by molar-refractivity contribution is 0.167. The van der Waals surface area contributed by atoms with Gasteiger partial charge in [-0.3, -0.25) is 9.69 Å². The van der Waals surface area contributed by atoms with Crippen LogP contribution in [0.15, 0.2) is 29.1 Å². The quantitative estimate of drug-likeness (QED) is 0.716. The van der Waals surface area contributed by atoms with Gasteiger partial charge in [0.1, 0.15) is 6.04 Å². The van der Waals surface area contributed by atoms with Crippen LogP contribution in [0.1, 0.15) is 69.4 Å². The molecule has 3 aromatic rings. The Kier molecular flexibility index (Phi) is 5.25. The number of tetrazole rings is 1. The van der Waals surface area contributed by atoms with Gasteiger partial charge in [-0.25, -0.2) is 4.68 Å². The predicted octanol–water partition coefficient (Wildman–Crippen LogP) is 3.54. The third-order valence-electron chi connectivity index (χ3n) is 6.26. The molecule has 0 spiro atoms. The van der Waals surface area contributed by atoms with Crippen LogP contribution in [0, 0.1) is 6.92 Å². The van der Waals surface area contributed by atoms with E-state index in [-0.39, 0.29) is 17.1 Å². The number of aryl methyl sites for hydroxylation is 1. The summed E-state index contributed by atoms with van der Waals surface area (Å²) >= 11 is 0. The standard InChI is InChI=1S/C22H30N6O/c1-5-22(3,4)28-20(24-25-26-28)19(27-11-7-6-8-12-27)17-14-16-10-9-15(2)13-18(16)23-21(17)29/h9-10,13-14,19H,5-8,11-12H2,1-4H3,(H,23,29)/t19-/m0/s1. The predicted molar refractivity (Wildman–Crippen MR) is 114 cm³/mol. The zero-order valence-corrected chi connectivity index (χ0v) is 17.8. The Hall–Kier alpha value is -2.54. The number of aromatic amines is 1. The molecule has 0 unspecified atom stereocenters. The number of nitrogens with one attached hydrogen (secondary N) is 1. The molecule has 1 aliphatic heterocycles. The van der Waals surface area contributed by atoms with Crippen molar-refractivity contribution >= 4 is 10.9 Å². The molecule has 154 valence electrons. The molecule has 29 heavy (non-hydrogen) atoms. The summed E-state index contributed by atoms with van der Waals surface area (Å²) in [6.07, 6.45) is 4.37. The van der Waals surface area contributed by atoms with E-state index in [0.29, 0.717) is 5.56 Å². The van der Waals surface area contributed by atoms with E-state index in [0.717, 1.165) is 54.6 Å². The first-order chi connectivity index (χ1) is 13.9. The summed E-state index contributed by atoms with van der Waals surface area (Å²) < 4.78 is 1.91. The number of rotatable bonds is 5. The van der Waals surface area contributed by atoms with Gasteiger partial charge >= 0.3 is 0 Å². The van der Waals surface area contributed by atoms with Crippen LogP contribution < -0.4 is 5.56 Å². The highest BCUT2D eigenvalue weighted by atomic mass is 16.1. The summed E-state index contributed by atoms with van der Waals surface area (Å²) in [4.78, 5) is 18.7.